The molecule has 0 saturated heterocycles. The van der Waals surface area contributed by atoms with Crippen molar-refractivity contribution in [1.82, 2.24) is 20.3 Å². The molecular weight excluding hydrogens is 683 g/mol. The maximum atomic E-state index is 14.5. The predicted octanol–water partition coefficient (Wildman–Crippen LogP) is 8.09. The van der Waals surface area contributed by atoms with Crippen LogP contribution in [0, 0.1) is 0 Å². The van der Waals surface area contributed by atoms with Crippen molar-refractivity contribution in [3.63, 3.8) is 0 Å². The average Bonchev–Trinajstić information content (AvgIpc) is 3.63. The second kappa shape index (κ2) is 15.9. The van der Waals surface area contributed by atoms with Crippen LogP contribution in [-0.4, -0.2) is 39.5 Å². The summed E-state index contributed by atoms with van der Waals surface area (Å²) in [6.45, 7) is 1.26. The van der Waals surface area contributed by atoms with Gasteiger partial charge in [-0.05, 0) is 89.7 Å². The van der Waals surface area contributed by atoms with Crippen molar-refractivity contribution in [3.8, 4) is 22.6 Å². The zero-order chi connectivity index (χ0) is 36.8. The van der Waals surface area contributed by atoms with Gasteiger partial charge in [-0.25, -0.2) is 0 Å². The number of halogens is 3. The second-order valence-electron chi connectivity index (χ2n) is 13.5. The van der Waals surface area contributed by atoms with Crippen LogP contribution in [0.15, 0.2) is 103 Å². The minimum atomic E-state index is -4.57. The summed E-state index contributed by atoms with van der Waals surface area (Å²) in [5.74, 6) is 0.413. The van der Waals surface area contributed by atoms with Crippen LogP contribution in [0.5, 0.6) is 11.5 Å². The molecule has 1 saturated carbocycles. The lowest BCUT2D eigenvalue weighted by atomic mass is 9.93. The molecule has 9 nitrogen and oxygen atoms in total. The highest BCUT2D eigenvalue weighted by atomic mass is 19.4. The summed E-state index contributed by atoms with van der Waals surface area (Å²) in [6.07, 6.45) is 2.52. The molecule has 5 aliphatic rings. The summed E-state index contributed by atoms with van der Waals surface area (Å²) in [5.41, 5.74) is 2.84. The van der Waals surface area contributed by atoms with E-state index in [2.05, 4.69) is 15.6 Å². The van der Waals surface area contributed by atoms with E-state index in [1.807, 2.05) is 48.7 Å². The molecule has 1 aliphatic carbocycles. The van der Waals surface area contributed by atoms with Crippen LogP contribution in [0.3, 0.4) is 0 Å². The third kappa shape index (κ3) is 8.88. The quantitative estimate of drug-likeness (QED) is 0.202. The number of aryl methyl sites for hydroxylation is 1. The van der Waals surface area contributed by atoms with Gasteiger partial charge in [0.2, 0.25) is 11.8 Å². The van der Waals surface area contributed by atoms with Crippen molar-refractivity contribution >= 4 is 17.5 Å². The molecule has 53 heavy (non-hydrogen) atoms. The van der Waals surface area contributed by atoms with Gasteiger partial charge in [0.25, 0.3) is 0 Å². The summed E-state index contributed by atoms with van der Waals surface area (Å²) in [7, 11) is 0. The number of hydrogen-bond acceptors (Lipinski definition) is 6. The van der Waals surface area contributed by atoms with E-state index in [1.165, 1.54) is 17.0 Å². The van der Waals surface area contributed by atoms with Gasteiger partial charge in [0.05, 0.1) is 24.8 Å². The number of nitrogens with zero attached hydrogens (tertiary/aromatic N) is 4. The number of rotatable bonds is 3. The predicted molar refractivity (Wildman–Crippen MR) is 193 cm³/mol. The van der Waals surface area contributed by atoms with Crippen LogP contribution in [0.2, 0.25) is 0 Å². The maximum absolute atomic E-state index is 14.5. The average molecular weight is 724 g/mol. The number of anilines is 1. The Morgan fingerprint density at radius 1 is 0.811 bits per heavy atom. The van der Waals surface area contributed by atoms with Crippen LogP contribution in [0.4, 0.5) is 18.9 Å². The second-order valence-corrected chi connectivity index (χ2v) is 13.5. The summed E-state index contributed by atoms with van der Waals surface area (Å²) in [5, 5.41) is 11.6. The molecule has 1 aromatic heterocycles. The Kier molecular flexibility index (Phi) is 10.7. The highest BCUT2D eigenvalue weighted by Crippen LogP contribution is 2.35. The number of aromatic nitrogens is 3. The first-order chi connectivity index (χ1) is 25.7. The van der Waals surface area contributed by atoms with Gasteiger partial charge >= 0.3 is 6.18 Å². The number of benzene rings is 4. The number of amides is 2. The lowest BCUT2D eigenvalue weighted by Gasteiger charge is -2.34. The molecule has 1 unspecified atom stereocenters. The first-order valence-corrected chi connectivity index (χ1v) is 17.9. The van der Waals surface area contributed by atoms with Crippen LogP contribution in [0.1, 0.15) is 67.0 Å². The van der Waals surface area contributed by atoms with E-state index in [4.69, 9.17) is 9.47 Å². The van der Waals surface area contributed by atoms with Gasteiger partial charge < -0.3 is 14.8 Å². The minimum absolute atomic E-state index is 0.0727. The molecule has 0 radical (unpaired) electrons. The molecule has 274 valence electrons. The zero-order valence-corrected chi connectivity index (χ0v) is 29.1. The first kappa shape index (κ1) is 35.7. The molecule has 5 heterocycles. The fraction of sp³-hybridized carbons (Fsp3) is 0.317. The fourth-order valence-corrected chi connectivity index (χ4v) is 6.88. The van der Waals surface area contributed by atoms with Crippen molar-refractivity contribution in [3.05, 3.63) is 126 Å². The molecule has 1 fully saturated rings. The Labute approximate surface area is 305 Å². The third-order valence-electron chi connectivity index (χ3n) is 9.64. The van der Waals surface area contributed by atoms with Crippen LogP contribution in [-0.2, 0) is 35.3 Å². The van der Waals surface area contributed by atoms with Crippen LogP contribution < -0.4 is 19.7 Å². The van der Waals surface area contributed by atoms with E-state index in [0.717, 1.165) is 55.4 Å². The molecule has 4 aromatic carbocycles. The van der Waals surface area contributed by atoms with E-state index in [1.54, 1.807) is 35.0 Å². The SMILES string of the molecule is O=C(NC1CCCCC1)C1c2cccc(c2)-c2ccc(cc2)OCc2cn(nn2)CCCOc2ccc(cc2)CC(=O)N1c1ccc(C(F)(F)F)cc1. The van der Waals surface area contributed by atoms with Gasteiger partial charge in [0.15, 0.2) is 0 Å². The monoisotopic (exact) mass is 723 g/mol. The van der Waals surface area contributed by atoms with Gasteiger partial charge in [-0.15, -0.1) is 5.10 Å². The van der Waals surface area contributed by atoms with Gasteiger partial charge in [0.1, 0.15) is 29.8 Å². The van der Waals surface area contributed by atoms with Gasteiger partial charge in [-0.2, -0.15) is 13.2 Å². The highest BCUT2D eigenvalue weighted by Gasteiger charge is 2.36. The molecular formula is C41H40F3N5O4. The Morgan fingerprint density at radius 2 is 1.53 bits per heavy atom. The lowest BCUT2D eigenvalue weighted by molar-refractivity contribution is -0.137. The van der Waals surface area contributed by atoms with Crippen molar-refractivity contribution in [2.24, 2.45) is 0 Å². The Bertz CT molecular complexity index is 2010. The molecule has 10 rings (SSSR count). The fourth-order valence-electron chi connectivity index (χ4n) is 6.88. The lowest BCUT2D eigenvalue weighted by Crippen LogP contribution is -2.47. The van der Waals surface area contributed by atoms with E-state index in [9.17, 15) is 22.8 Å². The molecule has 8 bridgehead atoms. The number of carbonyl (C=O) groups excluding carboxylic acids is 2. The molecule has 2 amide bonds. The smallest absolute Gasteiger partial charge is 0.416 e. The minimum Gasteiger partial charge on any atom is -0.494 e. The largest absolute Gasteiger partial charge is 0.494 e. The molecule has 1 N–H and O–H groups in total. The topological polar surface area (TPSA) is 98.6 Å². The van der Waals surface area contributed by atoms with Crippen molar-refractivity contribution in [1.29, 1.82) is 0 Å². The van der Waals surface area contributed by atoms with E-state index in [0.29, 0.717) is 47.9 Å². The third-order valence-corrected chi connectivity index (χ3v) is 9.64. The number of hydrogen-bond donors (Lipinski definition) is 1. The Hall–Kier alpha value is -5.65. The summed E-state index contributed by atoms with van der Waals surface area (Å²) >= 11 is 0. The Morgan fingerprint density at radius 3 is 2.26 bits per heavy atom. The van der Waals surface area contributed by atoms with Gasteiger partial charge in [-0.1, -0.05) is 66.9 Å². The summed E-state index contributed by atoms with van der Waals surface area (Å²) in [6, 6.07) is 25.1. The first-order valence-electron chi connectivity index (χ1n) is 17.9. The number of nitrogens with one attached hydrogen (secondary N) is 1. The highest BCUT2D eigenvalue weighted by molar-refractivity contribution is 6.02. The summed E-state index contributed by atoms with van der Waals surface area (Å²) < 4.78 is 54.7. The summed E-state index contributed by atoms with van der Waals surface area (Å²) in [4.78, 5) is 30.3. The number of carbonyl (C=O) groups is 2. The molecule has 1 atom stereocenters. The molecule has 4 aliphatic heterocycles. The van der Waals surface area contributed by atoms with Crippen molar-refractivity contribution in [2.45, 2.75) is 76.4 Å². The van der Waals surface area contributed by atoms with E-state index in [-0.39, 0.29) is 24.8 Å². The maximum Gasteiger partial charge on any atom is 0.416 e. The van der Waals surface area contributed by atoms with Crippen molar-refractivity contribution < 1.29 is 32.2 Å². The van der Waals surface area contributed by atoms with Crippen LogP contribution in [0.25, 0.3) is 11.1 Å². The van der Waals surface area contributed by atoms with Gasteiger partial charge in [-0.3, -0.25) is 19.2 Å². The molecule has 0 spiro atoms. The molecule has 12 heteroatoms. The van der Waals surface area contributed by atoms with E-state index >= 15 is 0 Å². The van der Waals surface area contributed by atoms with Crippen molar-refractivity contribution in [2.75, 3.05) is 11.5 Å². The standard InChI is InChI=1S/C41H40F3N5O4/c42-41(43,44)32-14-16-35(17-15-32)49-38(50)24-28-10-18-36(19-11-28)52-23-5-22-48-26-34(46-47-48)27-53-37-20-12-29(13-21-37)30-6-4-7-31(25-30)39(49)40(51)45-33-8-2-1-3-9-33/h4,6-7,10-21,25-26,33,39H,1-3,5,8-9,22-24,27H2,(H,45,51). The molecule has 5 aromatic rings. The zero-order valence-electron chi connectivity index (χ0n) is 29.1. The number of ether oxygens (including phenoxy) is 2. The Balaban J connectivity index is 1.30. The van der Waals surface area contributed by atoms with E-state index < -0.39 is 29.6 Å². The normalized spacial score (nSPS) is 17.5. The number of alkyl halides is 3. The van der Waals surface area contributed by atoms with Gasteiger partial charge in [0, 0.05) is 24.7 Å². The van der Waals surface area contributed by atoms with Crippen LogP contribution >= 0.6 is 0 Å².